The highest BCUT2D eigenvalue weighted by molar-refractivity contribution is 5.84. The van der Waals surface area contributed by atoms with Gasteiger partial charge in [0.2, 0.25) is 5.70 Å². The molecule has 5 rings (SSSR count). The number of alkyl halides is 3. The lowest BCUT2D eigenvalue weighted by molar-refractivity contribution is -0.231. The summed E-state index contributed by atoms with van der Waals surface area (Å²) in [6.45, 7) is 22.8. The second kappa shape index (κ2) is 8.98. The first-order valence-electron chi connectivity index (χ1n) is 15.4. The summed E-state index contributed by atoms with van der Waals surface area (Å²) < 4.78 is 39.4. The molecule has 4 saturated carbocycles. The van der Waals surface area contributed by atoms with Crippen LogP contribution < -0.4 is 5.32 Å². The molecule has 5 aliphatic carbocycles. The largest absolute Gasteiger partial charge is 0.523 e. The van der Waals surface area contributed by atoms with Crippen LogP contribution in [0, 0.1) is 62.7 Å². The summed E-state index contributed by atoms with van der Waals surface area (Å²) in [7, 11) is 0. The van der Waals surface area contributed by atoms with E-state index < -0.39 is 18.1 Å². The van der Waals surface area contributed by atoms with Crippen LogP contribution in [-0.2, 0) is 4.79 Å². The number of nitrogens with zero attached hydrogens (tertiary/aromatic N) is 1. The predicted octanol–water partition coefficient (Wildman–Crippen LogP) is 8.50. The number of hydrogen-bond acceptors (Lipinski definition) is 3. The van der Waals surface area contributed by atoms with Crippen molar-refractivity contribution in [3.05, 3.63) is 22.9 Å². The van der Waals surface area contributed by atoms with Gasteiger partial charge in [-0.25, -0.2) is 4.85 Å². The molecule has 2 N–H and O–H groups in total. The number of carbonyl (C=O) groups excluding carboxylic acids is 1. The van der Waals surface area contributed by atoms with E-state index in [2.05, 4.69) is 58.6 Å². The van der Waals surface area contributed by atoms with Crippen molar-refractivity contribution in [1.29, 1.82) is 0 Å². The summed E-state index contributed by atoms with van der Waals surface area (Å²) in [6, 6.07) is 0. The van der Waals surface area contributed by atoms with Crippen molar-refractivity contribution in [1.82, 2.24) is 5.32 Å². The fourth-order valence-electron chi connectivity index (χ4n) is 11.5. The monoisotopic (exact) mass is 562 g/mol. The number of Topliss-reactive ketones (excluding diaryl/α,β-unsaturated/α-hetero) is 1. The average Bonchev–Trinajstić information content (AvgIpc) is 2.82. The van der Waals surface area contributed by atoms with Gasteiger partial charge >= 0.3 is 6.18 Å². The average molecular weight is 563 g/mol. The molecule has 4 nitrogen and oxygen atoms in total. The number of hydrogen-bond donors (Lipinski definition) is 2. The first-order valence-corrected chi connectivity index (χ1v) is 15.4. The van der Waals surface area contributed by atoms with Crippen LogP contribution in [0.4, 0.5) is 13.2 Å². The Morgan fingerprint density at radius 1 is 0.975 bits per heavy atom. The normalized spacial score (nSPS) is 46.0. The maximum Gasteiger partial charge on any atom is 0.401 e. The molecule has 0 amide bonds. The summed E-state index contributed by atoms with van der Waals surface area (Å²) in [6.07, 6.45) is 3.04. The molecule has 0 unspecified atom stereocenters. The van der Waals surface area contributed by atoms with E-state index in [9.17, 15) is 23.1 Å². The Kier molecular flexibility index (Phi) is 6.72. The zero-order valence-corrected chi connectivity index (χ0v) is 25.5. The molecular weight excluding hydrogens is 513 g/mol. The van der Waals surface area contributed by atoms with Crippen molar-refractivity contribution in [2.45, 2.75) is 112 Å². The van der Waals surface area contributed by atoms with Crippen molar-refractivity contribution in [3.63, 3.8) is 0 Å². The third-order valence-corrected chi connectivity index (χ3v) is 13.7. The van der Waals surface area contributed by atoms with Crippen LogP contribution in [0.5, 0.6) is 0 Å². The van der Waals surface area contributed by atoms with Crippen LogP contribution in [0.3, 0.4) is 0 Å². The van der Waals surface area contributed by atoms with Crippen LogP contribution in [-0.4, -0.2) is 30.2 Å². The van der Waals surface area contributed by atoms with Gasteiger partial charge in [-0.15, -0.1) is 0 Å². The Morgan fingerprint density at radius 3 is 2.25 bits per heavy atom. The summed E-state index contributed by atoms with van der Waals surface area (Å²) in [4.78, 5) is 18.3. The summed E-state index contributed by atoms with van der Waals surface area (Å²) in [5.41, 5.74) is -0.963. The van der Waals surface area contributed by atoms with Crippen LogP contribution >= 0.6 is 0 Å². The number of carbonyl (C=O) groups is 1. The van der Waals surface area contributed by atoms with E-state index in [1.807, 2.05) is 0 Å². The van der Waals surface area contributed by atoms with E-state index >= 15 is 0 Å². The van der Waals surface area contributed by atoms with E-state index in [4.69, 9.17) is 6.57 Å². The number of allylic oxidation sites excluding steroid dienone is 2. The highest BCUT2D eigenvalue weighted by Crippen LogP contribution is 2.76. The van der Waals surface area contributed by atoms with Gasteiger partial charge in [0.1, 0.15) is 11.5 Å². The molecule has 0 heterocycles. The van der Waals surface area contributed by atoms with Gasteiger partial charge in [0, 0.05) is 24.3 Å². The van der Waals surface area contributed by atoms with Crippen molar-refractivity contribution in [2.75, 3.05) is 13.1 Å². The Hall–Kier alpha value is -1.55. The smallest absolute Gasteiger partial charge is 0.401 e. The van der Waals surface area contributed by atoms with Gasteiger partial charge in [0.15, 0.2) is 0 Å². The number of aliphatic hydroxyl groups excluding tert-OH is 1. The minimum absolute atomic E-state index is 0.0539. The van der Waals surface area contributed by atoms with Crippen molar-refractivity contribution in [3.8, 4) is 0 Å². The number of ketones is 1. The number of nitrogens with one attached hydrogen (secondary N) is 1. The molecule has 0 aliphatic heterocycles. The Bertz CT molecular complexity index is 1150. The van der Waals surface area contributed by atoms with Gasteiger partial charge in [-0.05, 0) is 96.2 Å². The highest BCUT2D eigenvalue weighted by atomic mass is 19.4. The predicted molar refractivity (Wildman–Crippen MR) is 150 cm³/mol. The maximum atomic E-state index is 14.5. The lowest BCUT2D eigenvalue weighted by atomic mass is 9.31. The molecule has 0 bridgehead atoms. The van der Waals surface area contributed by atoms with Crippen LogP contribution in [0.1, 0.15) is 106 Å². The number of aliphatic hydroxyl groups is 1. The lowest BCUT2D eigenvalue weighted by Crippen LogP contribution is -2.69. The van der Waals surface area contributed by atoms with E-state index in [1.54, 1.807) is 0 Å². The molecule has 0 spiro atoms. The van der Waals surface area contributed by atoms with E-state index in [0.717, 1.165) is 44.9 Å². The Balaban J connectivity index is 1.55. The zero-order chi connectivity index (χ0) is 29.7. The molecule has 0 radical (unpaired) electrons. The third kappa shape index (κ3) is 4.12. The van der Waals surface area contributed by atoms with E-state index in [0.29, 0.717) is 25.1 Å². The Labute approximate surface area is 238 Å². The minimum Gasteiger partial charge on any atom is -0.523 e. The number of fused-ring (bicyclic) bond motifs is 7. The molecule has 5 aliphatic rings. The van der Waals surface area contributed by atoms with Crippen molar-refractivity contribution >= 4 is 5.78 Å². The number of rotatable bonds is 3. The van der Waals surface area contributed by atoms with Gasteiger partial charge in [-0.3, -0.25) is 4.79 Å². The first-order chi connectivity index (χ1) is 18.3. The maximum absolute atomic E-state index is 14.5. The zero-order valence-electron chi connectivity index (χ0n) is 25.5. The molecule has 4 fully saturated rings. The fourth-order valence-corrected chi connectivity index (χ4v) is 11.5. The fraction of sp³-hybridized carbons (Fsp3) is 0.879. The highest BCUT2D eigenvalue weighted by Gasteiger charge is 2.72. The Morgan fingerprint density at radius 2 is 1.62 bits per heavy atom. The summed E-state index contributed by atoms with van der Waals surface area (Å²) in [5, 5.41) is 13.8. The summed E-state index contributed by atoms with van der Waals surface area (Å²) >= 11 is 0. The quantitative estimate of drug-likeness (QED) is 0.339. The van der Waals surface area contributed by atoms with Gasteiger partial charge in [0.25, 0.3) is 0 Å². The second-order valence-electron chi connectivity index (χ2n) is 16.5. The molecule has 0 aromatic carbocycles. The van der Waals surface area contributed by atoms with Crippen LogP contribution in [0.15, 0.2) is 11.5 Å². The van der Waals surface area contributed by atoms with Crippen LogP contribution in [0.25, 0.3) is 4.85 Å². The third-order valence-electron chi connectivity index (χ3n) is 13.7. The molecule has 7 heteroatoms. The van der Waals surface area contributed by atoms with E-state index in [-0.39, 0.29) is 62.3 Å². The minimum atomic E-state index is -4.25. The molecule has 224 valence electrons. The molecule has 40 heavy (non-hydrogen) atoms. The van der Waals surface area contributed by atoms with E-state index in [1.165, 1.54) is 0 Å². The second-order valence-corrected chi connectivity index (χ2v) is 16.5. The summed E-state index contributed by atoms with van der Waals surface area (Å²) in [5.74, 6) is 0.699. The number of halogens is 3. The molecule has 8 atom stereocenters. The van der Waals surface area contributed by atoms with Gasteiger partial charge in [0.05, 0.1) is 13.1 Å². The van der Waals surface area contributed by atoms with Crippen molar-refractivity contribution in [2.24, 2.45) is 56.2 Å². The van der Waals surface area contributed by atoms with Crippen LogP contribution in [0.2, 0.25) is 0 Å². The van der Waals surface area contributed by atoms with Gasteiger partial charge < -0.3 is 10.4 Å². The first kappa shape index (κ1) is 29.9. The molecular formula is C33H49F3N2O2. The lowest BCUT2D eigenvalue weighted by Gasteiger charge is -2.72. The standard InChI is InChI=1S/C33H49F3N2O2/c1-27(2)11-13-32(18-38-19-33(34,35)36)14-12-31(7)25(20(32)16-27)22(39)15-24-29(5)17-21(37-8)26(40)28(3,4)23(29)9-10-30(24,31)6/h20,23-25,38,40H,9-19H2,1-7H3/t20-,23-,24+,25-,29-,30+,31+,32+/m0/s1. The topological polar surface area (TPSA) is 53.7 Å². The SMILES string of the molecule is [C-]#[N+]C1=C(O)C(C)(C)[C@@H]2CC[C@]3(C)[C@H](CC(=O)[C@@H]4[C@@H]5CC(C)(C)CC[C@]5(CNCC(F)(F)F)CC[C@]43C)[C@@]2(C)C1. The molecule has 0 aromatic rings. The molecule has 0 aromatic heterocycles. The van der Waals surface area contributed by atoms with Gasteiger partial charge in [-0.2, -0.15) is 13.2 Å². The molecule has 0 saturated heterocycles. The van der Waals surface area contributed by atoms with Crippen molar-refractivity contribution < 1.29 is 23.1 Å². The van der Waals surface area contributed by atoms with Gasteiger partial charge in [-0.1, -0.05) is 48.5 Å².